The van der Waals surface area contributed by atoms with Crippen LogP contribution in [0, 0.1) is 0 Å². The lowest BCUT2D eigenvalue weighted by molar-refractivity contribution is 0.378. The summed E-state index contributed by atoms with van der Waals surface area (Å²) < 4.78 is 28.4. The van der Waals surface area contributed by atoms with Crippen LogP contribution >= 0.6 is 11.6 Å². The molecule has 1 aliphatic rings. The second kappa shape index (κ2) is 4.50. The van der Waals surface area contributed by atoms with Crippen LogP contribution < -0.4 is 4.74 Å². The largest absolute Gasteiger partial charge is 0.486 e. The van der Waals surface area contributed by atoms with Gasteiger partial charge in [-0.1, -0.05) is 17.7 Å². The van der Waals surface area contributed by atoms with Gasteiger partial charge in [0.1, 0.15) is 12.4 Å². The van der Waals surface area contributed by atoms with Gasteiger partial charge in [0, 0.05) is 5.02 Å². The normalized spacial score (nSPS) is 17.5. The van der Waals surface area contributed by atoms with Crippen molar-refractivity contribution in [3.8, 4) is 5.75 Å². The topological polar surface area (TPSA) is 55.7 Å². The van der Waals surface area contributed by atoms with E-state index in [0.29, 0.717) is 16.5 Å². The van der Waals surface area contributed by atoms with Crippen molar-refractivity contribution in [2.45, 2.75) is 6.92 Å². The molecule has 17 heavy (non-hydrogen) atoms. The first-order valence-corrected chi connectivity index (χ1v) is 6.79. The molecule has 0 fully saturated rings. The Balaban J connectivity index is 2.08. The van der Waals surface area contributed by atoms with Crippen molar-refractivity contribution in [1.29, 1.82) is 0 Å². The summed E-state index contributed by atoms with van der Waals surface area (Å²) in [5, 5.41) is 1.69. The van der Waals surface area contributed by atoms with Crippen LogP contribution in [-0.4, -0.2) is 20.1 Å². The molecule has 0 saturated heterocycles. The first-order chi connectivity index (χ1) is 7.97. The first-order valence-electron chi connectivity index (χ1n) is 4.87. The maximum absolute atomic E-state index is 11.5. The number of rotatable bonds is 3. The van der Waals surface area contributed by atoms with Crippen molar-refractivity contribution in [1.82, 2.24) is 0 Å². The Morgan fingerprint density at radius 1 is 1.41 bits per heavy atom. The third kappa shape index (κ3) is 2.87. The standard InChI is InChI=1S/C11H10ClNO3S/c1-8-7-17(14,15)11(13-8)6-16-10-4-2-3-9(12)5-10/h2-5,7H,6H2,1H3. The highest BCUT2D eigenvalue weighted by Crippen LogP contribution is 2.19. The van der Waals surface area contributed by atoms with Crippen LogP contribution in [0.5, 0.6) is 5.75 Å². The zero-order chi connectivity index (χ0) is 12.5. The molecule has 6 heteroatoms. The van der Waals surface area contributed by atoms with Gasteiger partial charge >= 0.3 is 0 Å². The maximum atomic E-state index is 11.5. The summed E-state index contributed by atoms with van der Waals surface area (Å²) >= 11 is 5.78. The van der Waals surface area contributed by atoms with E-state index in [0.717, 1.165) is 5.41 Å². The molecule has 0 spiro atoms. The van der Waals surface area contributed by atoms with Gasteiger partial charge in [0.05, 0.1) is 11.1 Å². The lowest BCUT2D eigenvalue weighted by atomic mass is 10.3. The Labute approximate surface area is 104 Å². The molecule has 0 aliphatic carbocycles. The molecule has 0 bridgehead atoms. The van der Waals surface area contributed by atoms with Crippen LogP contribution in [0.4, 0.5) is 0 Å². The number of halogens is 1. The van der Waals surface area contributed by atoms with Gasteiger partial charge in [-0.15, -0.1) is 0 Å². The van der Waals surface area contributed by atoms with E-state index in [4.69, 9.17) is 16.3 Å². The lowest BCUT2D eigenvalue weighted by Gasteiger charge is -2.05. The van der Waals surface area contributed by atoms with Crippen molar-refractivity contribution in [2.24, 2.45) is 4.99 Å². The van der Waals surface area contributed by atoms with Crippen LogP contribution in [0.2, 0.25) is 5.02 Å². The van der Waals surface area contributed by atoms with Gasteiger partial charge in [0.25, 0.3) is 0 Å². The predicted molar refractivity (Wildman–Crippen MR) is 67.1 cm³/mol. The maximum Gasteiger partial charge on any atom is 0.218 e. The number of hydrogen-bond acceptors (Lipinski definition) is 4. The molecule has 1 aromatic rings. The Kier molecular flexibility index (Phi) is 3.22. The Morgan fingerprint density at radius 3 is 2.76 bits per heavy atom. The fraction of sp³-hybridized carbons (Fsp3) is 0.182. The fourth-order valence-electron chi connectivity index (χ4n) is 1.40. The number of benzene rings is 1. The van der Waals surface area contributed by atoms with Gasteiger partial charge in [0.15, 0.2) is 5.04 Å². The molecule has 0 aromatic heterocycles. The summed E-state index contributed by atoms with van der Waals surface area (Å²) in [7, 11) is -3.39. The van der Waals surface area contributed by atoms with Crippen LogP contribution in [0.15, 0.2) is 40.4 Å². The lowest BCUT2D eigenvalue weighted by Crippen LogP contribution is -2.17. The Morgan fingerprint density at radius 2 is 2.18 bits per heavy atom. The van der Waals surface area contributed by atoms with Crippen LogP contribution in [0.3, 0.4) is 0 Å². The minimum atomic E-state index is -3.39. The summed E-state index contributed by atoms with van der Waals surface area (Å²) in [6, 6.07) is 6.76. The highest BCUT2D eigenvalue weighted by atomic mass is 35.5. The van der Waals surface area contributed by atoms with Gasteiger partial charge in [0.2, 0.25) is 9.84 Å². The summed E-state index contributed by atoms with van der Waals surface area (Å²) in [6.07, 6.45) is 0. The highest BCUT2D eigenvalue weighted by Gasteiger charge is 2.23. The van der Waals surface area contributed by atoms with E-state index in [-0.39, 0.29) is 11.7 Å². The van der Waals surface area contributed by atoms with Gasteiger partial charge in [-0.05, 0) is 25.1 Å². The van der Waals surface area contributed by atoms with E-state index in [1.807, 2.05) is 0 Å². The number of ether oxygens (including phenoxy) is 1. The smallest absolute Gasteiger partial charge is 0.218 e. The van der Waals surface area contributed by atoms with Crippen molar-refractivity contribution in [3.63, 3.8) is 0 Å². The summed E-state index contributed by atoms with van der Waals surface area (Å²) in [5.74, 6) is 0.514. The van der Waals surface area contributed by atoms with E-state index in [2.05, 4.69) is 4.99 Å². The second-order valence-electron chi connectivity index (χ2n) is 3.56. The highest BCUT2D eigenvalue weighted by molar-refractivity contribution is 8.09. The van der Waals surface area contributed by atoms with E-state index in [1.165, 1.54) is 0 Å². The molecular formula is C11H10ClNO3S. The third-order valence-corrected chi connectivity index (χ3v) is 3.87. The van der Waals surface area contributed by atoms with E-state index in [1.54, 1.807) is 31.2 Å². The monoisotopic (exact) mass is 271 g/mol. The molecule has 0 saturated carbocycles. The van der Waals surface area contributed by atoms with Crippen LogP contribution in [-0.2, 0) is 9.84 Å². The fourth-order valence-corrected chi connectivity index (χ4v) is 2.71. The van der Waals surface area contributed by atoms with E-state index < -0.39 is 9.84 Å². The quantitative estimate of drug-likeness (QED) is 0.848. The molecule has 4 nitrogen and oxygen atoms in total. The van der Waals surface area contributed by atoms with Crippen molar-refractivity contribution in [2.75, 3.05) is 6.61 Å². The first kappa shape index (κ1) is 12.1. The molecular weight excluding hydrogens is 262 g/mol. The molecule has 2 rings (SSSR count). The average Bonchev–Trinajstić information content (AvgIpc) is 2.48. The number of sulfone groups is 1. The number of nitrogens with zero attached hydrogens (tertiary/aromatic N) is 1. The molecule has 0 N–H and O–H groups in total. The zero-order valence-corrected chi connectivity index (χ0v) is 10.6. The van der Waals surface area contributed by atoms with Crippen molar-refractivity contribution in [3.05, 3.63) is 40.4 Å². The van der Waals surface area contributed by atoms with Gasteiger partial charge in [-0.25, -0.2) is 13.4 Å². The van der Waals surface area contributed by atoms with E-state index in [9.17, 15) is 8.42 Å². The molecule has 90 valence electrons. The average molecular weight is 272 g/mol. The molecule has 1 aliphatic heterocycles. The van der Waals surface area contributed by atoms with Gasteiger partial charge in [-0.2, -0.15) is 0 Å². The van der Waals surface area contributed by atoms with E-state index >= 15 is 0 Å². The summed E-state index contributed by atoms with van der Waals surface area (Å²) in [5.41, 5.74) is 0.467. The minimum absolute atomic E-state index is 0.0231. The van der Waals surface area contributed by atoms with Crippen LogP contribution in [0.1, 0.15) is 6.92 Å². The number of hydrogen-bond donors (Lipinski definition) is 0. The second-order valence-corrected chi connectivity index (χ2v) is 5.79. The molecule has 0 atom stereocenters. The molecule has 1 aromatic carbocycles. The molecule has 0 unspecified atom stereocenters. The SMILES string of the molecule is CC1=CS(=O)(=O)C(COc2cccc(Cl)c2)=N1. The summed E-state index contributed by atoms with van der Waals surface area (Å²) in [4.78, 5) is 3.91. The Bertz CT molecular complexity index is 605. The summed E-state index contributed by atoms with van der Waals surface area (Å²) in [6.45, 7) is 1.54. The third-order valence-electron chi connectivity index (χ3n) is 2.11. The molecule has 1 heterocycles. The van der Waals surface area contributed by atoms with Gasteiger partial charge < -0.3 is 4.74 Å². The minimum Gasteiger partial charge on any atom is -0.486 e. The van der Waals surface area contributed by atoms with Crippen molar-refractivity contribution < 1.29 is 13.2 Å². The van der Waals surface area contributed by atoms with Crippen molar-refractivity contribution >= 4 is 26.5 Å². The number of aliphatic imine (C=N–C) groups is 1. The Hall–Kier alpha value is -1.33. The predicted octanol–water partition coefficient (Wildman–Crippen LogP) is 2.41. The van der Waals surface area contributed by atoms with Crippen LogP contribution in [0.25, 0.3) is 0 Å². The van der Waals surface area contributed by atoms with Gasteiger partial charge in [-0.3, -0.25) is 0 Å². The molecule has 0 amide bonds. The number of allylic oxidation sites excluding steroid dienone is 1. The zero-order valence-electron chi connectivity index (χ0n) is 9.05. The molecule has 0 radical (unpaired) electrons.